The Morgan fingerprint density at radius 2 is 2.14 bits per heavy atom. The maximum absolute atomic E-state index is 11.9. The standard InChI is InChI=1S/C16H23N3O2.ClH/c1-2-8-18-15(20)13-6-3-5-12(10-13)11-19-16(21)14-7-4-9-17-14;/h3,5-6,10,14,17H,2,4,7-9,11H2,1H3,(H,18,20)(H,19,21);1H. The first-order chi connectivity index (χ1) is 10.2. The predicted molar refractivity (Wildman–Crippen MR) is 89.2 cm³/mol. The molecule has 6 heteroatoms. The number of halogens is 1. The lowest BCUT2D eigenvalue weighted by molar-refractivity contribution is -0.122. The molecule has 2 rings (SSSR count). The van der Waals surface area contributed by atoms with Crippen molar-refractivity contribution in [1.29, 1.82) is 0 Å². The van der Waals surface area contributed by atoms with Gasteiger partial charge in [0.2, 0.25) is 5.91 Å². The third-order valence-electron chi connectivity index (χ3n) is 3.57. The van der Waals surface area contributed by atoms with Crippen molar-refractivity contribution in [2.24, 2.45) is 0 Å². The lowest BCUT2D eigenvalue weighted by Crippen LogP contribution is -2.40. The van der Waals surface area contributed by atoms with Gasteiger partial charge in [-0.05, 0) is 43.5 Å². The van der Waals surface area contributed by atoms with Crippen molar-refractivity contribution in [3.63, 3.8) is 0 Å². The Morgan fingerprint density at radius 1 is 1.32 bits per heavy atom. The molecule has 5 nitrogen and oxygen atoms in total. The highest BCUT2D eigenvalue weighted by molar-refractivity contribution is 5.94. The summed E-state index contributed by atoms with van der Waals surface area (Å²) in [6.45, 7) is 4.05. The molecule has 0 bridgehead atoms. The largest absolute Gasteiger partial charge is 0.352 e. The van der Waals surface area contributed by atoms with Gasteiger partial charge in [-0.25, -0.2) is 0 Å². The van der Waals surface area contributed by atoms with Crippen LogP contribution in [0.4, 0.5) is 0 Å². The fourth-order valence-electron chi connectivity index (χ4n) is 2.38. The van der Waals surface area contributed by atoms with Crippen LogP contribution in [0.25, 0.3) is 0 Å². The Balaban J connectivity index is 0.00000242. The van der Waals surface area contributed by atoms with Crippen LogP contribution in [0.15, 0.2) is 24.3 Å². The molecule has 1 fully saturated rings. The van der Waals surface area contributed by atoms with E-state index in [-0.39, 0.29) is 30.3 Å². The highest BCUT2D eigenvalue weighted by Gasteiger charge is 2.21. The van der Waals surface area contributed by atoms with E-state index in [0.29, 0.717) is 18.7 Å². The second-order valence-electron chi connectivity index (χ2n) is 5.32. The number of nitrogens with one attached hydrogen (secondary N) is 3. The molecule has 0 saturated carbocycles. The van der Waals surface area contributed by atoms with Gasteiger partial charge in [0.25, 0.3) is 5.91 Å². The van der Waals surface area contributed by atoms with Gasteiger partial charge in [0.15, 0.2) is 0 Å². The normalized spacial score (nSPS) is 16.7. The zero-order chi connectivity index (χ0) is 15.1. The summed E-state index contributed by atoms with van der Waals surface area (Å²) in [5, 5.41) is 8.94. The highest BCUT2D eigenvalue weighted by atomic mass is 35.5. The van der Waals surface area contributed by atoms with E-state index in [1.165, 1.54) is 0 Å². The monoisotopic (exact) mass is 325 g/mol. The van der Waals surface area contributed by atoms with E-state index in [4.69, 9.17) is 0 Å². The SMILES string of the molecule is CCCNC(=O)c1cccc(CNC(=O)C2CCCN2)c1.Cl. The van der Waals surface area contributed by atoms with Gasteiger partial charge < -0.3 is 16.0 Å². The van der Waals surface area contributed by atoms with E-state index in [1.54, 1.807) is 6.07 Å². The van der Waals surface area contributed by atoms with Crippen molar-refractivity contribution in [3.05, 3.63) is 35.4 Å². The van der Waals surface area contributed by atoms with Crippen LogP contribution in [0.3, 0.4) is 0 Å². The Hall–Kier alpha value is -1.59. The molecule has 1 aromatic rings. The Kier molecular flexibility index (Phi) is 7.91. The average molecular weight is 326 g/mol. The van der Waals surface area contributed by atoms with Crippen LogP contribution in [0.1, 0.15) is 42.1 Å². The van der Waals surface area contributed by atoms with Gasteiger partial charge in [-0.2, -0.15) is 0 Å². The summed E-state index contributed by atoms with van der Waals surface area (Å²) in [5.41, 5.74) is 1.57. The molecular weight excluding hydrogens is 302 g/mol. The molecule has 0 radical (unpaired) electrons. The molecule has 1 aromatic carbocycles. The van der Waals surface area contributed by atoms with E-state index in [0.717, 1.165) is 31.4 Å². The van der Waals surface area contributed by atoms with Gasteiger partial charge >= 0.3 is 0 Å². The van der Waals surface area contributed by atoms with Crippen LogP contribution in [0.2, 0.25) is 0 Å². The summed E-state index contributed by atoms with van der Waals surface area (Å²) in [5.74, 6) is -0.0316. The van der Waals surface area contributed by atoms with E-state index in [2.05, 4.69) is 16.0 Å². The minimum absolute atomic E-state index is 0. The van der Waals surface area contributed by atoms with E-state index >= 15 is 0 Å². The minimum Gasteiger partial charge on any atom is -0.352 e. The molecule has 1 aliphatic heterocycles. The fourth-order valence-corrected chi connectivity index (χ4v) is 2.38. The molecule has 22 heavy (non-hydrogen) atoms. The fraction of sp³-hybridized carbons (Fsp3) is 0.500. The summed E-state index contributed by atoms with van der Waals surface area (Å²) in [6.07, 6.45) is 2.85. The van der Waals surface area contributed by atoms with E-state index < -0.39 is 0 Å². The lowest BCUT2D eigenvalue weighted by Gasteiger charge is -2.11. The summed E-state index contributed by atoms with van der Waals surface area (Å²) >= 11 is 0. The molecule has 0 aromatic heterocycles. The van der Waals surface area contributed by atoms with Gasteiger partial charge in [0, 0.05) is 18.7 Å². The van der Waals surface area contributed by atoms with Crippen molar-refractivity contribution < 1.29 is 9.59 Å². The minimum atomic E-state index is -0.0685. The molecule has 1 aliphatic rings. The topological polar surface area (TPSA) is 70.2 Å². The first-order valence-electron chi connectivity index (χ1n) is 7.59. The summed E-state index contributed by atoms with van der Waals surface area (Å²) in [4.78, 5) is 23.8. The quantitative estimate of drug-likeness (QED) is 0.744. The van der Waals surface area contributed by atoms with Gasteiger partial charge in [-0.15, -0.1) is 12.4 Å². The Morgan fingerprint density at radius 3 is 2.82 bits per heavy atom. The second kappa shape index (κ2) is 9.43. The number of carbonyl (C=O) groups is 2. The summed E-state index contributed by atoms with van der Waals surface area (Å²) < 4.78 is 0. The number of hydrogen-bond acceptors (Lipinski definition) is 3. The second-order valence-corrected chi connectivity index (χ2v) is 5.32. The van der Waals surface area contributed by atoms with Crippen LogP contribution < -0.4 is 16.0 Å². The van der Waals surface area contributed by atoms with Crippen LogP contribution in [0, 0.1) is 0 Å². The maximum Gasteiger partial charge on any atom is 0.251 e. The molecule has 1 heterocycles. The predicted octanol–water partition coefficient (Wildman–Crippen LogP) is 1.62. The van der Waals surface area contributed by atoms with Crippen LogP contribution in [-0.4, -0.2) is 30.9 Å². The van der Waals surface area contributed by atoms with Gasteiger partial charge in [0.05, 0.1) is 6.04 Å². The number of carbonyl (C=O) groups excluding carboxylic acids is 2. The molecule has 122 valence electrons. The molecule has 1 unspecified atom stereocenters. The third-order valence-corrected chi connectivity index (χ3v) is 3.57. The van der Waals surface area contributed by atoms with Gasteiger partial charge in [0.1, 0.15) is 0 Å². The van der Waals surface area contributed by atoms with Crippen LogP contribution >= 0.6 is 12.4 Å². The first-order valence-corrected chi connectivity index (χ1v) is 7.59. The molecule has 3 N–H and O–H groups in total. The maximum atomic E-state index is 11.9. The Labute approximate surface area is 137 Å². The van der Waals surface area contributed by atoms with Gasteiger partial charge in [-0.1, -0.05) is 19.1 Å². The van der Waals surface area contributed by atoms with Crippen molar-refractivity contribution in [2.75, 3.05) is 13.1 Å². The number of benzene rings is 1. The third kappa shape index (κ3) is 5.31. The van der Waals surface area contributed by atoms with Crippen molar-refractivity contribution >= 4 is 24.2 Å². The number of hydrogen-bond donors (Lipinski definition) is 3. The molecular formula is C16H24ClN3O2. The molecule has 0 aliphatic carbocycles. The van der Waals surface area contributed by atoms with E-state index in [1.807, 2.05) is 25.1 Å². The van der Waals surface area contributed by atoms with Crippen molar-refractivity contribution in [2.45, 2.75) is 38.8 Å². The molecule has 2 amide bonds. The zero-order valence-corrected chi connectivity index (χ0v) is 13.7. The molecule has 0 spiro atoms. The van der Waals surface area contributed by atoms with E-state index in [9.17, 15) is 9.59 Å². The Bertz CT molecular complexity index is 502. The van der Waals surface area contributed by atoms with Crippen LogP contribution in [0.5, 0.6) is 0 Å². The highest BCUT2D eigenvalue weighted by Crippen LogP contribution is 2.07. The summed E-state index contributed by atoms with van der Waals surface area (Å²) in [7, 11) is 0. The summed E-state index contributed by atoms with van der Waals surface area (Å²) in [6, 6.07) is 7.30. The first kappa shape index (κ1) is 18.5. The molecule has 1 atom stereocenters. The van der Waals surface area contributed by atoms with Crippen molar-refractivity contribution in [1.82, 2.24) is 16.0 Å². The van der Waals surface area contributed by atoms with Crippen LogP contribution in [-0.2, 0) is 11.3 Å². The zero-order valence-electron chi connectivity index (χ0n) is 12.9. The number of amides is 2. The van der Waals surface area contributed by atoms with Crippen molar-refractivity contribution in [3.8, 4) is 0 Å². The number of rotatable bonds is 6. The lowest BCUT2D eigenvalue weighted by atomic mass is 10.1. The smallest absolute Gasteiger partial charge is 0.251 e. The molecule has 1 saturated heterocycles. The average Bonchev–Trinajstić information content (AvgIpc) is 3.05. The van der Waals surface area contributed by atoms with Gasteiger partial charge in [-0.3, -0.25) is 9.59 Å².